The van der Waals surface area contributed by atoms with Crippen LogP contribution in [-0.4, -0.2) is 53.4 Å². The maximum atomic E-state index is 12.5. The molecule has 1 aromatic heterocycles. The van der Waals surface area contributed by atoms with Gasteiger partial charge in [-0.2, -0.15) is 0 Å². The van der Waals surface area contributed by atoms with Crippen molar-refractivity contribution in [2.75, 3.05) is 38.0 Å². The quantitative estimate of drug-likeness (QED) is 0.925. The lowest BCUT2D eigenvalue weighted by Gasteiger charge is -2.33. The molecule has 24 heavy (non-hydrogen) atoms. The Hall–Kier alpha value is -2.11. The van der Waals surface area contributed by atoms with Gasteiger partial charge in [-0.3, -0.25) is 4.79 Å². The normalized spacial score (nSPS) is 15.3. The largest absolute Gasteiger partial charge is 0.353 e. The number of rotatable bonds is 4. The number of anilines is 2. The van der Waals surface area contributed by atoms with E-state index in [0.717, 1.165) is 44.1 Å². The first-order valence-electron chi connectivity index (χ1n) is 8.16. The Kier molecular flexibility index (Phi) is 5.33. The second-order valence-corrected chi connectivity index (χ2v) is 6.17. The standard InChI is InChI=1S/C18H21ClN4O/c1-2-22-9-11-23(12-10-22)18(24)17-8-7-14(13-20-17)21-16-6-4-3-5-15(16)19/h3-8,13,21H,2,9-12H2,1H3. The van der Waals surface area contributed by atoms with Crippen molar-refractivity contribution >= 4 is 28.9 Å². The van der Waals surface area contributed by atoms with Crippen molar-refractivity contribution in [3.63, 3.8) is 0 Å². The summed E-state index contributed by atoms with van der Waals surface area (Å²) in [6, 6.07) is 11.1. The third kappa shape index (κ3) is 3.86. The number of para-hydroxylation sites is 1. The van der Waals surface area contributed by atoms with E-state index >= 15 is 0 Å². The Labute approximate surface area is 147 Å². The predicted octanol–water partition coefficient (Wildman–Crippen LogP) is 3.26. The molecule has 0 unspecified atom stereocenters. The highest BCUT2D eigenvalue weighted by Crippen LogP contribution is 2.24. The van der Waals surface area contributed by atoms with Crippen molar-refractivity contribution < 1.29 is 4.79 Å². The lowest BCUT2D eigenvalue weighted by Crippen LogP contribution is -2.48. The molecular weight excluding hydrogens is 324 g/mol. The van der Waals surface area contributed by atoms with Gasteiger partial charge in [0.25, 0.3) is 5.91 Å². The molecule has 1 saturated heterocycles. The number of nitrogens with zero attached hydrogens (tertiary/aromatic N) is 3. The van der Waals surface area contributed by atoms with Crippen molar-refractivity contribution in [1.29, 1.82) is 0 Å². The maximum absolute atomic E-state index is 12.5. The lowest BCUT2D eigenvalue weighted by atomic mass is 10.2. The topological polar surface area (TPSA) is 48.5 Å². The van der Waals surface area contributed by atoms with Crippen LogP contribution in [0.5, 0.6) is 0 Å². The SMILES string of the molecule is CCN1CCN(C(=O)c2ccc(Nc3ccccc3Cl)cn2)CC1. The molecular formula is C18H21ClN4O. The van der Waals surface area contributed by atoms with E-state index in [-0.39, 0.29) is 5.91 Å². The molecule has 3 rings (SSSR count). The minimum atomic E-state index is -0.00459. The Balaban J connectivity index is 1.64. The summed E-state index contributed by atoms with van der Waals surface area (Å²) in [4.78, 5) is 21.0. The number of hydrogen-bond acceptors (Lipinski definition) is 4. The number of carbonyl (C=O) groups is 1. The van der Waals surface area contributed by atoms with Crippen LogP contribution in [0.4, 0.5) is 11.4 Å². The van der Waals surface area contributed by atoms with Gasteiger partial charge in [0.2, 0.25) is 0 Å². The van der Waals surface area contributed by atoms with Crippen LogP contribution in [0.25, 0.3) is 0 Å². The predicted molar refractivity (Wildman–Crippen MR) is 97.0 cm³/mol. The molecule has 1 N–H and O–H groups in total. The summed E-state index contributed by atoms with van der Waals surface area (Å²) in [6.07, 6.45) is 1.67. The average Bonchev–Trinajstić information content (AvgIpc) is 2.64. The minimum Gasteiger partial charge on any atom is -0.353 e. The Morgan fingerprint density at radius 3 is 2.54 bits per heavy atom. The highest BCUT2D eigenvalue weighted by molar-refractivity contribution is 6.33. The first kappa shape index (κ1) is 16.7. The average molecular weight is 345 g/mol. The molecule has 1 fully saturated rings. The summed E-state index contributed by atoms with van der Waals surface area (Å²) in [5.74, 6) is -0.00459. The van der Waals surface area contributed by atoms with E-state index in [0.29, 0.717) is 10.7 Å². The van der Waals surface area contributed by atoms with E-state index in [1.165, 1.54) is 0 Å². The molecule has 1 aliphatic heterocycles. The van der Waals surface area contributed by atoms with Gasteiger partial charge in [0.1, 0.15) is 5.69 Å². The van der Waals surface area contributed by atoms with Crippen LogP contribution in [0.15, 0.2) is 42.6 Å². The van der Waals surface area contributed by atoms with Gasteiger partial charge in [-0.25, -0.2) is 4.98 Å². The third-order valence-corrected chi connectivity index (χ3v) is 4.57. The van der Waals surface area contributed by atoms with Crippen LogP contribution in [-0.2, 0) is 0 Å². The summed E-state index contributed by atoms with van der Waals surface area (Å²) in [5, 5.41) is 3.85. The second kappa shape index (κ2) is 7.64. The fourth-order valence-corrected chi connectivity index (χ4v) is 2.92. The first-order chi connectivity index (χ1) is 11.7. The fourth-order valence-electron chi connectivity index (χ4n) is 2.74. The van der Waals surface area contributed by atoms with Crippen LogP contribution >= 0.6 is 11.6 Å². The molecule has 5 nitrogen and oxygen atoms in total. The zero-order chi connectivity index (χ0) is 16.9. The Morgan fingerprint density at radius 1 is 1.17 bits per heavy atom. The second-order valence-electron chi connectivity index (χ2n) is 5.76. The summed E-state index contributed by atoms with van der Waals surface area (Å²) in [5.41, 5.74) is 2.09. The van der Waals surface area contributed by atoms with E-state index in [1.54, 1.807) is 12.3 Å². The highest BCUT2D eigenvalue weighted by Gasteiger charge is 2.22. The van der Waals surface area contributed by atoms with Gasteiger partial charge < -0.3 is 15.1 Å². The molecule has 0 spiro atoms. The van der Waals surface area contributed by atoms with Crippen molar-refractivity contribution in [2.24, 2.45) is 0 Å². The molecule has 0 bridgehead atoms. The number of pyridine rings is 1. The Bertz CT molecular complexity index is 696. The van der Waals surface area contributed by atoms with Gasteiger partial charge in [-0.15, -0.1) is 0 Å². The number of nitrogens with one attached hydrogen (secondary N) is 1. The maximum Gasteiger partial charge on any atom is 0.272 e. The number of benzene rings is 1. The van der Waals surface area contributed by atoms with Crippen LogP contribution in [0.2, 0.25) is 5.02 Å². The first-order valence-corrected chi connectivity index (χ1v) is 8.54. The number of amides is 1. The molecule has 6 heteroatoms. The lowest BCUT2D eigenvalue weighted by molar-refractivity contribution is 0.0637. The summed E-state index contributed by atoms with van der Waals surface area (Å²) in [7, 11) is 0. The van der Waals surface area contributed by atoms with Gasteiger partial charge in [0, 0.05) is 26.2 Å². The van der Waals surface area contributed by atoms with Gasteiger partial charge >= 0.3 is 0 Å². The van der Waals surface area contributed by atoms with Crippen molar-refractivity contribution in [3.05, 3.63) is 53.3 Å². The summed E-state index contributed by atoms with van der Waals surface area (Å²) >= 11 is 6.13. The molecule has 1 aliphatic rings. The van der Waals surface area contributed by atoms with E-state index < -0.39 is 0 Å². The van der Waals surface area contributed by atoms with Gasteiger partial charge in [-0.05, 0) is 30.8 Å². The fraction of sp³-hybridized carbons (Fsp3) is 0.333. The molecule has 0 radical (unpaired) electrons. The summed E-state index contributed by atoms with van der Waals surface area (Å²) < 4.78 is 0. The van der Waals surface area contributed by atoms with E-state index in [2.05, 4.69) is 22.1 Å². The van der Waals surface area contributed by atoms with E-state index in [4.69, 9.17) is 11.6 Å². The molecule has 0 atom stereocenters. The summed E-state index contributed by atoms with van der Waals surface area (Å²) in [6.45, 7) is 6.54. The number of hydrogen-bond donors (Lipinski definition) is 1. The monoisotopic (exact) mass is 344 g/mol. The third-order valence-electron chi connectivity index (χ3n) is 4.24. The van der Waals surface area contributed by atoms with E-state index in [1.807, 2.05) is 35.2 Å². The molecule has 1 amide bonds. The van der Waals surface area contributed by atoms with Gasteiger partial charge in [-0.1, -0.05) is 30.7 Å². The van der Waals surface area contributed by atoms with Gasteiger partial charge in [0.05, 0.1) is 22.6 Å². The van der Waals surface area contributed by atoms with Crippen LogP contribution in [0.3, 0.4) is 0 Å². The van der Waals surface area contributed by atoms with Crippen molar-refractivity contribution in [3.8, 4) is 0 Å². The number of carbonyl (C=O) groups excluding carboxylic acids is 1. The number of aromatic nitrogens is 1. The van der Waals surface area contributed by atoms with Crippen molar-refractivity contribution in [2.45, 2.75) is 6.92 Å². The number of likely N-dealkylation sites (N-methyl/N-ethyl adjacent to an activating group) is 1. The number of piperazine rings is 1. The Morgan fingerprint density at radius 2 is 1.92 bits per heavy atom. The van der Waals surface area contributed by atoms with Crippen LogP contribution in [0.1, 0.15) is 17.4 Å². The molecule has 1 aromatic carbocycles. The molecule has 0 aliphatic carbocycles. The van der Waals surface area contributed by atoms with Crippen molar-refractivity contribution in [1.82, 2.24) is 14.8 Å². The zero-order valence-electron chi connectivity index (χ0n) is 13.7. The molecule has 2 aromatic rings. The molecule has 2 heterocycles. The molecule has 126 valence electrons. The highest BCUT2D eigenvalue weighted by atomic mass is 35.5. The van der Waals surface area contributed by atoms with Crippen LogP contribution in [0, 0.1) is 0 Å². The molecule has 0 saturated carbocycles. The van der Waals surface area contributed by atoms with Gasteiger partial charge in [0.15, 0.2) is 0 Å². The minimum absolute atomic E-state index is 0.00459. The van der Waals surface area contributed by atoms with E-state index in [9.17, 15) is 4.79 Å². The number of halogens is 1. The van der Waals surface area contributed by atoms with Crippen LogP contribution < -0.4 is 5.32 Å². The smallest absolute Gasteiger partial charge is 0.272 e. The zero-order valence-corrected chi connectivity index (χ0v) is 14.5.